The molecule has 0 aliphatic carbocycles. The Balaban J connectivity index is 2.28. The number of ketones is 1. The summed E-state index contributed by atoms with van der Waals surface area (Å²) in [6, 6.07) is 6.62. The summed E-state index contributed by atoms with van der Waals surface area (Å²) in [5.74, 6) is -0.0232. The van der Waals surface area contributed by atoms with E-state index in [0.29, 0.717) is 17.8 Å². The molecule has 0 saturated heterocycles. The van der Waals surface area contributed by atoms with Crippen LogP contribution >= 0.6 is 0 Å². The van der Waals surface area contributed by atoms with Gasteiger partial charge in [0, 0.05) is 31.0 Å². The number of hydrogen-bond donors (Lipinski definition) is 2. The van der Waals surface area contributed by atoms with Crippen LogP contribution in [0.2, 0.25) is 0 Å². The summed E-state index contributed by atoms with van der Waals surface area (Å²) in [6.07, 6.45) is 1.80. The first-order valence-corrected chi connectivity index (χ1v) is 6.87. The minimum absolute atomic E-state index is 0.0232. The van der Waals surface area contributed by atoms with Gasteiger partial charge >= 0.3 is 6.03 Å². The fourth-order valence-corrected chi connectivity index (χ4v) is 1.67. The first-order valence-electron chi connectivity index (χ1n) is 6.87. The lowest BCUT2D eigenvalue weighted by Gasteiger charge is -2.08. The molecule has 0 fully saturated rings. The number of carbonyl (C=O) groups excluding carboxylic acids is 2. The van der Waals surface area contributed by atoms with E-state index in [2.05, 4.69) is 10.6 Å². The molecule has 1 aromatic rings. The van der Waals surface area contributed by atoms with Crippen LogP contribution in [-0.4, -0.2) is 31.6 Å². The van der Waals surface area contributed by atoms with Gasteiger partial charge in [-0.1, -0.05) is 12.1 Å². The predicted molar refractivity (Wildman–Crippen MR) is 79.2 cm³/mol. The highest BCUT2D eigenvalue weighted by atomic mass is 16.5. The third kappa shape index (κ3) is 6.33. The summed E-state index contributed by atoms with van der Waals surface area (Å²) in [7, 11) is 0. The van der Waals surface area contributed by atoms with E-state index in [-0.39, 0.29) is 11.8 Å². The summed E-state index contributed by atoms with van der Waals surface area (Å²) < 4.78 is 5.21. The molecule has 110 valence electrons. The van der Waals surface area contributed by atoms with Crippen LogP contribution in [0.4, 0.5) is 10.5 Å². The van der Waals surface area contributed by atoms with Crippen LogP contribution in [0.3, 0.4) is 0 Å². The molecule has 2 N–H and O–H groups in total. The number of amides is 2. The van der Waals surface area contributed by atoms with Gasteiger partial charge in [-0.25, -0.2) is 4.79 Å². The number of anilines is 1. The molecule has 2 amide bonds. The van der Waals surface area contributed by atoms with E-state index in [9.17, 15) is 9.59 Å². The summed E-state index contributed by atoms with van der Waals surface area (Å²) in [6.45, 7) is 5.50. The number of rotatable bonds is 8. The lowest BCUT2D eigenvalue weighted by Crippen LogP contribution is -2.29. The number of ether oxygens (including phenoxy) is 1. The zero-order valence-electron chi connectivity index (χ0n) is 12.1. The van der Waals surface area contributed by atoms with Gasteiger partial charge in [0.2, 0.25) is 0 Å². The molecule has 0 spiro atoms. The van der Waals surface area contributed by atoms with Gasteiger partial charge in [0.25, 0.3) is 0 Å². The van der Waals surface area contributed by atoms with E-state index in [1.54, 1.807) is 24.3 Å². The van der Waals surface area contributed by atoms with Gasteiger partial charge in [0.05, 0.1) is 0 Å². The molecule has 0 saturated carbocycles. The number of nitrogens with one attached hydrogen (secondary N) is 2. The van der Waals surface area contributed by atoms with Crippen molar-refractivity contribution in [2.75, 3.05) is 25.1 Å². The zero-order chi connectivity index (χ0) is 14.8. The van der Waals surface area contributed by atoms with Crippen LogP contribution in [0, 0.1) is 0 Å². The molecule has 0 unspecified atom stereocenters. The molecule has 0 bridgehead atoms. The van der Waals surface area contributed by atoms with Crippen molar-refractivity contribution in [2.45, 2.75) is 26.7 Å². The minimum atomic E-state index is -0.262. The Morgan fingerprint density at radius 1 is 1.25 bits per heavy atom. The highest BCUT2D eigenvalue weighted by molar-refractivity contribution is 5.96. The summed E-state index contributed by atoms with van der Waals surface area (Å²) >= 11 is 0. The number of benzene rings is 1. The molecular weight excluding hydrogens is 256 g/mol. The Labute approximate surface area is 119 Å². The average molecular weight is 278 g/mol. The van der Waals surface area contributed by atoms with Gasteiger partial charge in [0.15, 0.2) is 5.78 Å². The largest absolute Gasteiger partial charge is 0.382 e. The van der Waals surface area contributed by atoms with Crippen molar-refractivity contribution in [3.05, 3.63) is 29.8 Å². The fourth-order valence-electron chi connectivity index (χ4n) is 1.67. The number of hydrogen-bond acceptors (Lipinski definition) is 3. The quantitative estimate of drug-likeness (QED) is 0.567. The highest BCUT2D eigenvalue weighted by Crippen LogP contribution is 2.10. The summed E-state index contributed by atoms with van der Waals surface area (Å²) in [5, 5.41) is 5.47. The number of carbonyl (C=O) groups is 2. The average Bonchev–Trinajstić information content (AvgIpc) is 2.43. The maximum atomic E-state index is 11.6. The SMILES string of the molecule is CCOCCCCNC(=O)Nc1cccc(C(C)=O)c1. The second-order valence-electron chi connectivity index (χ2n) is 4.42. The topological polar surface area (TPSA) is 67.4 Å². The molecule has 1 aromatic carbocycles. The minimum Gasteiger partial charge on any atom is -0.382 e. The van der Waals surface area contributed by atoms with Gasteiger partial charge in [0.1, 0.15) is 0 Å². The van der Waals surface area contributed by atoms with E-state index in [1.807, 2.05) is 6.92 Å². The van der Waals surface area contributed by atoms with E-state index in [4.69, 9.17) is 4.74 Å². The Hall–Kier alpha value is -1.88. The fraction of sp³-hybridized carbons (Fsp3) is 0.467. The standard InChI is InChI=1S/C15H22N2O3/c1-3-20-10-5-4-9-16-15(19)17-14-8-6-7-13(11-14)12(2)18/h6-8,11H,3-5,9-10H2,1-2H3,(H2,16,17,19). The Bertz CT molecular complexity index is 446. The van der Waals surface area contributed by atoms with Gasteiger partial charge in [-0.2, -0.15) is 0 Å². The molecule has 5 nitrogen and oxygen atoms in total. The molecular formula is C15H22N2O3. The zero-order valence-corrected chi connectivity index (χ0v) is 12.1. The maximum absolute atomic E-state index is 11.6. The Morgan fingerprint density at radius 2 is 2.05 bits per heavy atom. The highest BCUT2D eigenvalue weighted by Gasteiger charge is 2.03. The summed E-state index contributed by atoms with van der Waals surface area (Å²) in [5.41, 5.74) is 1.20. The molecule has 20 heavy (non-hydrogen) atoms. The smallest absolute Gasteiger partial charge is 0.319 e. The van der Waals surface area contributed by atoms with Crippen molar-refractivity contribution in [2.24, 2.45) is 0 Å². The summed E-state index contributed by atoms with van der Waals surface area (Å²) in [4.78, 5) is 22.9. The van der Waals surface area contributed by atoms with Crippen molar-refractivity contribution < 1.29 is 14.3 Å². The Morgan fingerprint density at radius 3 is 2.75 bits per heavy atom. The van der Waals surface area contributed by atoms with Crippen molar-refractivity contribution >= 4 is 17.5 Å². The molecule has 1 rings (SSSR count). The van der Waals surface area contributed by atoms with Crippen LogP contribution in [0.5, 0.6) is 0 Å². The lowest BCUT2D eigenvalue weighted by atomic mass is 10.1. The van der Waals surface area contributed by atoms with Crippen molar-refractivity contribution in [3.63, 3.8) is 0 Å². The lowest BCUT2D eigenvalue weighted by molar-refractivity contribution is 0.101. The van der Waals surface area contributed by atoms with Gasteiger partial charge < -0.3 is 15.4 Å². The van der Waals surface area contributed by atoms with E-state index < -0.39 is 0 Å². The van der Waals surface area contributed by atoms with Crippen LogP contribution in [0.1, 0.15) is 37.0 Å². The third-order valence-corrected chi connectivity index (χ3v) is 2.73. The first kappa shape index (κ1) is 16.2. The molecule has 5 heteroatoms. The third-order valence-electron chi connectivity index (χ3n) is 2.73. The van der Waals surface area contributed by atoms with Gasteiger partial charge in [-0.05, 0) is 38.8 Å². The van der Waals surface area contributed by atoms with E-state index >= 15 is 0 Å². The second-order valence-corrected chi connectivity index (χ2v) is 4.42. The van der Waals surface area contributed by atoms with Crippen LogP contribution < -0.4 is 10.6 Å². The Kier molecular flexibility index (Phi) is 7.35. The van der Waals surface area contributed by atoms with E-state index in [1.165, 1.54) is 6.92 Å². The van der Waals surface area contributed by atoms with Gasteiger partial charge in [-0.3, -0.25) is 4.79 Å². The van der Waals surface area contributed by atoms with Crippen molar-refractivity contribution in [1.82, 2.24) is 5.32 Å². The van der Waals surface area contributed by atoms with Crippen LogP contribution in [-0.2, 0) is 4.74 Å². The number of urea groups is 1. The number of Topliss-reactive ketones (excluding diaryl/α,β-unsaturated/α-hetero) is 1. The first-order chi connectivity index (χ1) is 9.63. The maximum Gasteiger partial charge on any atom is 0.319 e. The molecule has 0 atom stereocenters. The molecule has 0 aliphatic heterocycles. The normalized spacial score (nSPS) is 10.1. The molecule has 0 aromatic heterocycles. The number of unbranched alkanes of at least 4 members (excludes halogenated alkanes) is 1. The monoisotopic (exact) mass is 278 g/mol. The molecule has 0 radical (unpaired) electrons. The van der Waals surface area contributed by atoms with Crippen molar-refractivity contribution in [3.8, 4) is 0 Å². The van der Waals surface area contributed by atoms with Crippen LogP contribution in [0.15, 0.2) is 24.3 Å². The van der Waals surface area contributed by atoms with Crippen LogP contribution in [0.25, 0.3) is 0 Å². The van der Waals surface area contributed by atoms with Crippen molar-refractivity contribution in [1.29, 1.82) is 0 Å². The predicted octanol–water partition coefficient (Wildman–Crippen LogP) is 2.83. The molecule has 0 aliphatic rings. The van der Waals surface area contributed by atoms with Gasteiger partial charge in [-0.15, -0.1) is 0 Å². The van der Waals surface area contributed by atoms with E-state index in [0.717, 1.165) is 26.1 Å². The molecule has 0 heterocycles. The second kappa shape index (κ2) is 9.09.